The molecule has 9 heteroatoms. The number of rotatable bonds is 5. The second-order valence-corrected chi connectivity index (χ2v) is 7.77. The topological polar surface area (TPSA) is 75.3 Å². The van der Waals surface area contributed by atoms with Crippen LogP contribution in [0.15, 0.2) is 71.6 Å². The highest BCUT2D eigenvalue weighted by Crippen LogP contribution is 2.26. The van der Waals surface area contributed by atoms with Crippen LogP contribution in [0.3, 0.4) is 0 Å². The maximum absolute atomic E-state index is 13.2. The molecule has 0 saturated heterocycles. The van der Waals surface area contributed by atoms with Crippen molar-refractivity contribution in [2.75, 3.05) is 10.0 Å². The van der Waals surface area contributed by atoms with Gasteiger partial charge in [0.25, 0.3) is 15.9 Å². The number of carbonyl (C=O) groups is 1. The van der Waals surface area contributed by atoms with Gasteiger partial charge in [-0.1, -0.05) is 23.7 Å². The van der Waals surface area contributed by atoms with Crippen molar-refractivity contribution in [3.05, 3.63) is 89.0 Å². The molecule has 0 fully saturated rings. The Bertz CT molecular complexity index is 1140. The number of hydrogen-bond donors (Lipinski definition) is 2. The van der Waals surface area contributed by atoms with Crippen molar-refractivity contribution in [2.45, 2.75) is 4.90 Å². The number of benzene rings is 3. The highest BCUT2D eigenvalue weighted by Gasteiger charge is 2.18. The highest BCUT2D eigenvalue weighted by molar-refractivity contribution is 7.92. The summed E-state index contributed by atoms with van der Waals surface area (Å²) in [6.07, 6.45) is 0. The summed E-state index contributed by atoms with van der Waals surface area (Å²) in [6.45, 7) is 0. The highest BCUT2D eigenvalue weighted by atomic mass is 35.5. The zero-order chi connectivity index (χ0) is 20.3. The number of anilines is 2. The fraction of sp³-hybridized carbons (Fsp3) is 0. The molecule has 0 aliphatic rings. The van der Waals surface area contributed by atoms with Gasteiger partial charge in [0.2, 0.25) is 0 Å². The largest absolute Gasteiger partial charge is 0.320 e. The number of sulfonamides is 1. The number of nitrogens with one attached hydrogen (secondary N) is 2. The van der Waals surface area contributed by atoms with E-state index in [2.05, 4.69) is 10.0 Å². The predicted molar refractivity (Wildman–Crippen MR) is 103 cm³/mol. The van der Waals surface area contributed by atoms with E-state index in [0.717, 1.165) is 36.4 Å². The van der Waals surface area contributed by atoms with Crippen LogP contribution >= 0.6 is 11.6 Å². The quantitative estimate of drug-likeness (QED) is 0.627. The number of amides is 1. The van der Waals surface area contributed by atoms with Crippen molar-refractivity contribution in [3.8, 4) is 0 Å². The number of hydrogen-bond acceptors (Lipinski definition) is 3. The fourth-order valence-corrected chi connectivity index (χ4v) is 3.69. The molecule has 0 atom stereocenters. The minimum Gasteiger partial charge on any atom is -0.320 e. The molecule has 2 N–H and O–H groups in total. The van der Waals surface area contributed by atoms with E-state index in [1.54, 1.807) is 12.1 Å². The first-order valence-electron chi connectivity index (χ1n) is 7.90. The summed E-state index contributed by atoms with van der Waals surface area (Å²) >= 11 is 5.89. The van der Waals surface area contributed by atoms with Gasteiger partial charge in [-0.3, -0.25) is 9.52 Å². The lowest BCUT2D eigenvalue weighted by molar-refractivity contribution is 0.102. The van der Waals surface area contributed by atoms with Crippen LogP contribution in [0.25, 0.3) is 0 Å². The summed E-state index contributed by atoms with van der Waals surface area (Å²) < 4.78 is 53.5. The summed E-state index contributed by atoms with van der Waals surface area (Å²) in [5.74, 6) is -1.80. The summed E-state index contributed by atoms with van der Waals surface area (Å²) in [5, 5.41) is 2.46. The van der Waals surface area contributed by atoms with E-state index in [0.29, 0.717) is 0 Å². The van der Waals surface area contributed by atoms with Crippen LogP contribution < -0.4 is 10.0 Å². The van der Waals surface area contributed by atoms with Crippen molar-refractivity contribution >= 4 is 38.9 Å². The van der Waals surface area contributed by atoms with Crippen LogP contribution in [0.5, 0.6) is 0 Å². The molecule has 3 rings (SSSR count). The molecule has 1 amide bonds. The first-order chi connectivity index (χ1) is 13.3. The van der Waals surface area contributed by atoms with Crippen LogP contribution in [0.1, 0.15) is 10.4 Å². The fourth-order valence-electron chi connectivity index (χ4n) is 2.36. The van der Waals surface area contributed by atoms with Gasteiger partial charge >= 0.3 is 0 Å². The predicted octanol–water partition coefficient (Wildman–Crippen LogP) is 4.67. The normalized spacial score (nSPS) is 11.1. The molecular weight excluding hydrogens is 410 g/mol. The molecule has 3 aromatic rings. The maximum Gasteiger partial charge on any atom is 0.261 e. The maximum atomic E-state index is 13.2. The molecule has 0 radical (unpaired) electrons. The molecule has 0 aliphatic carbocycles. The second-order valence-electron chi connectivity index (χ2n) is 5.68. The average Bonchev–Trinajstić information content (AvgIpc) is 2.63. The van der Waals surface area contributed by atoms with Crippen LogP contribution in [0, 0.1) is 11.6 Å². The lowest BCUT2D eigenvalue weighted by Gasteiger charge is -2.14. The molecule has 28 heavy (non-hydrogen) atoms. The second kappa shape index (κ2) is 7.95. The molecule has 0 bridgehead atoms. The molecule has 0 aliphatic heterocycles. The Morgan fingerprint density at radius 1 is 0.857 bits per heavy atom. The van der Waals surface area contributed by atoms with Gasteiger partial charge in [-0.05, 0) is 54.6 Å². The lowest BCUT2D eigenvalue weighted by atomic mass is 10.2. The molecule has 0 spiro atoms. The number of halogens is 3. The van der Waals surface area contributed by atoms with E-state index in [1.165, 1.54) is 18.2 Å². The Morgan fingerprint density at radius 2 is 1.46 bits per heavy atom. The van der Waals surface area contributed by atoms with E-state index in [-0.39, 0.29) is 26.9 Å². The Balaban J connectivity index is 1.87. The minimum atomic E-state index is -4.01. The van der Waals surface area contributed by atoms with E-state index in [9.17, 15) is 22.0 Å². The van der Waals surface area contributed by atoms with Crippen molar-refractivity contribution in [1.82, 2.24) is 0 Å². The molecule has 0 aromatic heterocycles. The summed E-state index contributed by atoms with van der Waals surface area (Å²) in [5.41, 5.74) is 0.288. The van der Waals surface area contributed by atoms with Gasteiger partial charge in [-0.2, -0.15) is 0 Å². The van der Waals surface area contributed by atoms with Gasteiger partial charge in [0, 0.05) is 0 Å². The van der Waals surface area contributed by atoms with Gasteiger partial charge in [0.05, 0.1) is 26.9 Å². The van der Waals surface area contributed by atoms with Gasteiger partial charge in [-0.25, -0.2) is 17.2 Å². The first kappa shape index (κ1) is 19.8. The molecule has 144 valence electrons. The van der Waals surface area contributed by atoms with Crippen molar-refractivity contribution in [2.24, 2.45) is 0 Å². The molecular formula is C19H13ClF2N2O3S. The third-order valence-electron chi connectivity index (χ3n) is 3.72. The van der Waals surface area contributed by atoms with Gasteiger partial charge in [0.1, 0.15) is 11.6 Å². The molecule has 0 unspecified atom stereocenters. The van der Waals surface area contributed by atoms with Gasteiger partial charge in [-0.15, -0.1) is 0 Å². The van der Waals surface area contributed by atoms with Crippen LogP contribution in [-0.4, -0.2) is 14.3 Å². The van der Waals surface area contributed by atoms with Crippen LogP contribution in [-0.2, 0) is 10.0 Å². The summed E-state index contributed by atoms with van der Waals surface area (Å²) in [7, 11) is -4.01. The van der Waals surface area contributed by atoms with E-state index in [4.69, 9.17) is 11.6 Å². The van der Waals surface area contributed by atoms with E-state index >= 15 is 0 Å². The summed E-state index contributed by atoms with van der Waals surface area (Å²) in [6, 6.07) is 13.7. The first-order valence-corrected chi connectivity index (χ1v) is 9.76. The number of para-hydroxylation sites is 2. The monoisotopic (exact) mass is 422 g/mol. The average molecular weight is 423 g/mol. The Hall–Kier alpha value is -2.97. The van der Waals surface area contributed by atoms with Crippen LogP contribution in [0.4, 0.5) is 20.2 Å². The Morgan fingerprint density at radius 3 is 2.11 bits per heavy atom. The number of carbonyl (C=O) groups excluding carboxylic acids is 1. The minimum absolute atomic E-state index is 0.0271. The molecule has 5 nitrogen and oxygen atoms in total. The zero-order valence-corrected chi connectivity index (χ0v) is 15.7. The lowest BCUT2D eigenvalue weighted by Crippen LogP contribution is -2.17. The third-order valence-corrected chi connectivity index (χ3v) is 5.41. The van der Waals surface area contributed by atoms with E-state index in [1.807, 2.05) is 0 Å². The summed E-state index contributed by atoms with van der Waals surface area (Å²) in [4.78, 5) is 12.3. The SMILES string of the molecule is O=C(Nc1ccccc1NS(=O)(=O)c1ccc(F)cc1)c1ccc(F)cc1Cl. The van der Waals surface area contributed by atoms with Crippen molar-refractivity contribution < 1.29 is 22.0 Å². The van der Waals surface area contributed by atoms with E-state index < -0.39 is 27.6 Å². The van der Waals surface area contributed by atoms with Gasteiger partial charge < -0.3 is 5.32 Å². The van der Waals surface area contributed by atoms with Crippen molar-refractivity contribution in [3.63, 3.8) is 0 Å². The Labute approximate surface area is 165 Å². The molecule has 0 saturated carbocycles. The van der Waals surface area contributed by atoms with Gasteiger partial charge in [0.15, 0.2) is 0 Å². The molecule has 0 heterocycles. The smallest absolute Gasteiger partial charge is 0.261 e. The van der Waals surface area contributed by atoms with Crippen LogP contribution in [0.2, 0.25) is 5.02 Å². The third kappa shape index (κ3) is 4.47. The van der Waals surface area contributed by atoms with Crippen molar-refractivity contribution in [1.29, 1.82) is 0 Å². The standard InChI is InChI=1S/C19H13ClF2N2O3S/c20-16-11-13(22)7-10-15(16)19(25)23-17-3-1-2-4-18(17)24-28(26,27)14-8-5-12(21)6-9-14/h1-11,24H,(H,23,25). The molecule has 3 aromatic carbocycles. The Kier molecular flexibility index (Phi) is 5.62. The zero-order valence-electron chi connectivity index (χ0n) is 14.1.